The van der Waals surface area contributed by atoms with Crippen molar-refractivity contribution < 1.29 is 19.5 Å². The van der Waals surface area contributed by atoms with Gasteiger partial charge in [-0.3, -0.25) is 10.1 Å². The molecule has 6 nitrogen and oxygen atoms in total. The Hall–Kier alpha value is -1.54. The number of rotatable bonds is 5. The number of carboxylic acid groups (broad SMARTS) is 1. The molecule has 1 atom stereocenters. The fourth-order valence-corrected chi connectivity index (χ4v) is 2.98. The van der Waals surface area contributed by atoms with Crippen LogP contribution in [0.1, 0.15) is 23.5 Å². The first kappa shape index (κ1) is 15.5. The van der Waals surface area contributed by atoms with Crippen LogP contribution in [0.25, 0.3) is 0 Å². The largest absolute Gasteiger partial charge is 0.477 e. The maximum atomic E-state index is 11.7. The van der Waals surface area contributed by atoms with Crippen molar-refractivity contribution in [1.29, 1.82) is 0 Å². The molecule has 1 heterocycles. The zero-order valence-electron chi connectivity index (χ0n) is 10.4. The number of nitrogens with one attached hydrogen (secondary N) is 2. The van der Waals surface area contributed by atoms with E-state index in [4.69, 9.17) is 5.11 Å². The summed E-state index contributed by atoms with van der Waals surface area (Å²) in [6.45, 7) is 3.84. The molecule has 3 amide bonds. The monoisotopic (exact) mass is 302 g/mol. The second-order valence-electron chi connectivity index (χ2n) is 3.56. The Morgan fingerprint density at radius 3 is 2.68 bits per heavy atom. The summed E-state index contributed by atoms with van der Waals surface area (Å²) in [6.07, 6.45) is 0. The van der Waals surface area contributed by atoms with E-state index in [2.05, 4.69) is 10.6 Å². The number of aromatic carboxylic acids is 1. The van der Waals surface area contributed by atoms with Crippen molar-refractivity contribution in [2.24, 2.45) is 0 Å². The summed E-state index contributed by atoms with van der Waals surface area (Å²) in [7, 11) is 0. The average molecular weight is 302 g/mol. The minimum atomic E-state index is -0.990. The highest BCUT2D eigenvalue weighted by Crippen LogP contribution is 2.28. The molecule has 0 fully saturated rings. The number of hydrogen-bond donors (Lipinski definition) is 3. The number of carbonyl (C=O) groups is 3. The van der Waals surface area contributed by atoms with Gasteiger partial charge in [0.15, 0.2) is 0 Å². The van der Waals surface area contributed by atoms with Crippen LogP contribution in [-0.2, 0) is 4.79 Å². The predicted molar refractivity (Wildman–Crippen MR) is 73.8 cm³/mol. The molecule has 0 saturated heterocycles. The Kier molecular flexibility index (Phi) is 5.84. The van der Waals surface area contributed by atoms with E-state index in [-0.39, 0.29) is 4.88 Å². The van der Waals surface area contributed by atoms with E-state index in [1.54, 1.807) is 19.2 Å². The summed E-state index contributed by atoms with van der Waals surface area (Å²) in [5.74, 6) is -1.41. The summed E-state index contributed by atoms with van der Waals surface area (Å²) in [6, 6.07) is 0.976. The minimum absolute atomic E-state index is 0.221. The Labute approximate surface area is 118 Å². The number of amides is 3. The lowest BCUT2D eigenvalue weighted by atomic mass is 10.4. The maximum Gasteiger partial charge on any atom is 0.345 e. The van der Waals surface area contributed by atoms with E-state index in [0.29, 0.717) is 11.4 Å². The van der Waals surface area contributed by atoms with Gasteiger partial charge in [-0.25, -0.2) is 9.59 Å². The zero-order chi connectivity index (χ0) is 14.4. The highest BCUT2D eigenvalue weighted by Gasteiger charge is 2.18. The van der Waals surface area contributed by atoms with Crippen molar-refractivity contribution in [1.82, 2.24) is 10.6 Å². The van der Waals surface area contributed by atoms with Crippen LogP contribution in [0.15, 0.2) is 16.3 Å². The van der Waals surface area contributed by atoms with Gasteiger partial charge in [-0.1, -0.05) is 0 Å². The predicted octanol–water partition coefficient (Wildman–Crippen LogP) is 1.77. The molecule has 0 aliphatic rings. The highest BCUT2D eigenvalue weighted by molar-refractivity contribution is 8.00. The summed E-state index contributed by atoms with van der Waals surface area (Å²) < 4.78 is 0. The fraction of sp³-hybridized carbons (Fsp3) is 0.364. The van der Waals surface area contributed by atoms with Gasteiger partial charge in [0.05, 0.1) is 5.25 Å². The molecule has 0 spiro atoms. The number of thiophene rings is 1. The number of thioether (sulfide) groups is 1. The molecule has 1 unspecified atom stereocenters. The van der Waals surface area contributed by atoms with Crippen LogP contribution >= 0.6 is 23.1 Å². The van der Waals surface area contributed by atoms with E-state index in [1.165, 1.54) is 17.8 Å². The summed E-state index contributed by atoms with van der Waals surface area (Å²) in [5.41, 5.74) is 0. The van der Waals surface area contributed by atoms with Crippen molar-refractivity contribution in [2.45, 2.75) is 24.0 Å². The smallest absolute Gasteiger partial charge is 0.345 e. The molecule has 1 aromatic rings. The molecule has 3 N–H and O–H groups in total. The highest BCUT2D eigenvalue weighted by atomic mass is 32.2. The second kappa shape index (κ2) is 7.15. The quantitative estimate of drug-likeness (QED) is 0.720. The van der Waals surface area contributed by atoms with Gasteiger partial charge < -0.3 is 10.4 Å². The van der Waals surface area contributed by atoms with Crippen LogP contribution in [0, 0.1) is 0 Å². The third-order valence-corrected chi connectivity index (χ3v) is 4.19. The third kappa shape index (κ3) is 4.92. The summed E-state index contributed by atoms with van der Waals surface area (Å²) in [4.78, 5) is 34.5. The van der Waals surface area contributed by atoms with Gasteiger partial charge in [0.1, 0.15) is 4.88 Å². The standard InChI is InChI=1S/C11H14N2O4S2/c1-3-12-11(17)13-9(14)6(2)19-7-4-8(10(15)16)18-5-7/h4-6H,3H2,1-2H3,(H,15,16)(H2,12,13,14,17). The van der Waals surface area contributed by atoms with Crippen molar-refractivity contribution in [2.75, 3.05) is 6.54 Å². The molecule has 0 bridgehead atoms. The topological polar surface area (TPSA) is 95.5 Å². The molecule has 0 aliphatic carbocycles. The van der Waals surface area contributed by atoms with Gasteiger partial charge in [-0.15, -0.1) is 23.1 Å². The number of carbonyl (C=O) groups excluding carboxylic acids is 2. The Bertz CT molecular complexity index is 487. The van der Waals surface area contributed by atoms with Gasteiger partial charge in [-0.2, -0.15) is 0 Å². The lowest BCUT2D eigenvalue weighted by Crippen LogP contribution is -2.42. The molecule has 0 aliphatic heterocycles. The molecule has 0 aromatic carbocycles. The van der Waals surface area contributed by atoms with Crippen LogP contribution in [0.5, 0.6) is 0 Å². The first-order chi connectivity index (χ1) is 8.93. The van der Waals surface area contributed by atoms with Crippen LogP contribution in [0.3, 0.4) is 0 Å². The number of imide groups is 1. The van der Waals surface area contributed by atoms with Gasteiger partial charge >= 0.3 is 12.0 Å². The number of urea groups is 1. The maximum absolute atomic E-state index is 11.7. The molecule has 0 saturated carbocycles. The summed E-state index contributed by atoms with van der Waals surface area (Å²) >= 11 is 2.31. The lowest BCUT2D eigenvalue weighted by Gasteiger charge is -2.10. The molecule has 0 radical (unpaired) electrons. The average Bonchev–Trinajstić information content (AvgIpc) is 2.77. The Balaban J connectivity index is 2.53. The number of hydrogen-bond acceptors (Lipinski definition) is 5. The van der Waals surface area contributed by atoms with E-state index in [1.807, 2.05) is 0 Å². The van der Waals surface area contributed by atoms with Crippen molar-refractivity contribution in [3.8, 4) is 0 Å². The van der Waals surface area contributed by atoms with E-state index in [0.717, 1.165) is 11.3 Å². The first-order valence-electron chi connectivity index (χ1n) is 5.51. The van der Waals surface area contributed by atoms with E-state index >= 15 is 0 Å². The molecule has 1 aromatic heterocycles. The SMILES string of the molecule is CCNC(=O)NC(=O)C(C)Sc1csc(C(=O)O)c1. The number of carboxylic acids is 1. The van der Waals surface area contributed by atoms with Crippen LogP contribution in [0.2, 0.25) is 0 Å². The molecule has 19 heavy (non-hydrogen) atoms. The normalized spacial score (nSPS) is 11.7. The van der Waals surface area contributed by atoms with Gasteiger partial charge in [-0.05, 0) is 19.9 Å². The Morgan fingerprint density at radius 1 is 1.47 bits per heavy atom. The van der Waals surface area contributed by atoms with Crippen molar-refractivity contribution >= 4 is 41.0 Å². The van der Waals surface area contributed by atoms with Crippen LogP contribution in [0.4, 0.5) is 4.79 Å². The fourth-order valence-electron chi connectivity index (χ4n) is 1.17. The van der Waals surface area contributed by atoms with Gasteiger partial charge in [0.2, 0.25) is 5.91 Å². The van der Waals surface area contributed by atoms with Crippen LogP contribution in [-0.4, -0.2) is 34.8 Å². The van der Waals surface area contributed by atoms with Gasteiger partial charge in [0, 0.05) is 16.8 Å². The molecule has 104 valence electrons. The molecular formula is C11H14N2O4S2. The van der Waals surface area contributed by atoms with E-state index in [9.17, 15) is 14.4 Å². The van der Waals surface area contributed by atoms with Gasteiger partial charge in [0.25, 0.3) is 0 Å². The minimum Gasteiger partial charge on any atom is -0.477 e. The second-order valence-corrected chi connectivity index (χ2v) is 5.89. The molecule has 8 heteroatoms. The van der Waals surface area contributed by atoms with Crippen molar-refractivity contribution in [3.05, 3.63) is 16.3 Å². The van der Waals surface area contributed by atoms with E-state index < -0.39 is 23.2 Å². The molecular weight excluding hydrogens is 288 g/mol. The Morgan fingerprint density at radius 2 is 2.16 bits per heavy atom. The lowest BCUT2D eigenvalue weighted by molar-refractivity contribution is -0.119. The van der Waals surface area contributed by atoms with Crippen LogP contribution < -0.4 is 10.6 Å². The third-order valence-electron chi connectivity index (χ3n) is 2.04. The summed E-state index contributed by atoms with van der Waals surface area (Å²) in [5, 5.41) is 14.6. The van der Waals surface area contributed by atoms with Crippen molar-refractivity contribution in [3.63, 3.8) is 0 Å². The molecule has 1 rings (SSSR count). The first-order valence-corrected chi connectivity index (χ1v) is 7.27. The zero-order valence-corrected chi connectivity index (χ0v) is 12.1.